The van der Waals surface area contributed by atoms with Gasteiger partial charge < -0.3 is 5.11 Å². The first kappa shape index (κ1) is 22.2. The highest BCUT2D eigenvalue weighted by Gasteiger charge is 2.31. The molecule has 1 aromatic rings. The summed E-state index contributed by atoms with van der Waals surface area (Å²) in [5, 5.41) is 20.2. The van der Waals surface area contributed by atoms with Gasteiger partial charge in [0.2, 0.25) is 5.88 Å². The summed E-state index contributed by atoms with van der Waals surface area (Å²) in [7, 11) is 0. The van der Waals surface area contributed by atoms with Gasteiger partial charge in [-0.2, -0.15) is 5.26 Å². The van der Waals surface area contributed by atoms with E-state index in [1.165, 1.54) is 23.8 Å². The predicted octanol–water partition coefficient (Wildman–Crippen LogP) is 5.10. The van der Waals surface area contributed by atoms with Gasteiger partial charge in [-0.05, 0) is 50.5 Å². The van der Waals surface area contributed by atoms with Crippen LogP contribution in [-0.4, -0.2) is 15.5 Å². The summed E-state index contributed by atoms with van der Waals surface area (Å²) in [6.45, 7) is 6.20. The fourth-order valence-electron chi connectivity index (χ4n) is 4.38. The summed E-state index contributed by atoms with van der Waals surface area (Å²) in [6, 6.07) is 1.95. The summed E-state index contributed by atoms with van der Waals surface area (Å²) < 4.78 is 1.22. The van der Waals surface area contributed by atoms with E-state index >= 15 is 0 Å². The molecule has 0 aromatic carbocycles. The van der Waals surface area contributed by atoms with Crippen LogP contribution in [0.2, 0.25) is 0 Å². The molecule has 1 aromatic heterocycles. The Morgan fingerprint density at radius 1 is 1.14 bits per heavy atom. The van der Waals surface area contributed by atoms with Crippen molar-refractivity contribution in [3.05, 3.63) is 27.0 Å². The van der Waals surface area contributed by atoms with Crippen LogP contribution in [0.3, 0.4) is 0 Å². The Labute approximate surface area is 168 Å². The lowest BCUT2D eigenvalue weighted by molar-refractivity contribution is 0.0864. The molecular weight excluding hydrogens is 352 g/mol. The van der Waals surface area contributed by atoms with Crippen molar-refractivity contribution in [2.24, 2.45) is 11.8 Å². The second kappa shape index (κ2) is 10.5. The molecule has 2 rings (SSSR count). The zero-order valence-electron chi connectivity index (χ0n) is 17.6. The van der Waals surface area contributed by atoms with Crippen molar-refractivity contribution < 1.29 is 9.90 Å². The van der Waals surface area contributed by atoms with E-state index < -0.39 is 5.56 Å². The number of Topliss-reactive ketones (excluding diaryl/α,β-unsaturated/α-hetero) is 1. The fourth-order valence-corrected chi connectivity index (χ4v) is 4.38. The Bertz CT molecular complexity index is 781. The molecule has 1 N–H and O–H groups in total. The second-order valence-electron chi connectivity index (χ2n) is 8.20. The molecule has 0 radical (unpaired) electrons. The van der Waals surface area contributed by atoms with E-state index in [4.69, 9.17) is 0 Å². The number of ketones is 1. The molecule has 0 spiro atoms. The van der Waals surface area contributed by atoms with Gasteiger partial charge in [0, 0.05) is 12.5 Å². The molecule has 1 heterocycles. The summed E-state index contributed by atoms with van der Waals surface area (Å²) in [5.41, 5.74) is 0.00205. The van der Waals surface area contributed by atoms with Gasteiger partial charge in [0.25, 0.3) is 5.56 Å². The van der Waals surface area contributed by atoms with Crippen LogP contribution in [0.25, 0.3) is 0 Å². The number of nitrogens with zero attached hydrogens (tertiary/aromatic N) is 2. The van der Waals surface area contributed by atoms with Crippen LogP contribution in [0.5, 0.6) is 5.88 Å². The first-order valence-corrected chi connectivity index (χ1v) is 10.9. The van der Waals surface area contributed by atoms with Crippen LogP contribution in [0.1, 0.15) is 99.5 Å². The van der Waals surface area contributed by atoms with E-state index in [1.807, 2.05) is 6.07 Å². The van der Waals surface area contributed by atoms with Crippen LogP contribution in [0, 0.1) is 30.1 Å². The minimum atomic E-state index is -0.492. The average Bonchev–Trinajstić information content (AvgIpc) is 2.69. The highest BCUT2D eigenvalue weighted by molar-refractivity contribution is 6.01. The Balaban J connectivity index is 2.29. The first-order chi connectivity index (χ1) is 13.5. The van der Waals surface area contributed by atoms with Crippen molar-refractivity contribution in [2.75, 3.05) is 0 Å². The molecular formula is C23H34N2O3. The van der Waals surface area contributed by atoms with Crippen molar-refractivity contribution in [3.63, 3.8) is 0 Å². The Kier molecular flexibility index (Phi) is 8.29. The van der Waals surface area contributed by atoms with Gasteiger partial charge in [-0.3, -0.25) is 14.2 Å². The van der Waals surface area contributed by atoms with E-state index in [0.717, 1.165) is 44.9 Å². The number of rotatable bonds is 9. The Morgan fingerprint density at radius 3 is 2.36 bits per heavy atom. The summed E-state index contributed by atoms with van der Waals surface area (Å²) in [6.07, 6.45) is 10.0. The lowest BCUT2D eigenvalue weighted by Crippen LogP contribution is -2.29. The normalized spacial score (nSPS) is 19.4. The van der Waals surface area contributed by atoms with Gasteiger partial charge in [0.15, 0.2) is 5.78 Å². The maximum atomic E-state index is 13.2. The van der Waals surface area contributed by atoms with Crippen molar-refractivity contribution in [1.29, 1.82) is 5.26 Å². The second-order valence-corrected chi connectivity index (χ2v) is 8.20. The highest BCUT2D eigenvalue weighted by atomic mass is 16.3. The number of aromatic nitrogens is 1. The summed E-state index contributed by atoms with van der Waals surface area (Å²) in [4.78, 5) is 25.8. The van der Waals surface area contributed by atoms with Crippen LogP contribution in [0.4, 0.5) is 0 Å². The molecule has 1 aliphatic carbocycles. The number of nitriles is 1. The quantitative estimate of drug-likeness (QED) is 0.472. The van der Waals surface area contributed by atoms with E-state index in [0.29, 0.717) is 18.0 Å². The number of carbonyl (C=O) groups is 1. The summed E-state index contributed by atoms with van der Waals surface area (Å²) >= 11 is 0. The molecule has 1 fully saturated rings. The van der Waals surface area contributed by atoms with Gasteiger partial charge in [-0.25, -0.2) is 0 Å². The van der Waals surface area contributed by atoms with Crippen molar-refractivity contribution in [1.82, 2.24) is 4.57 Å². The molecule has 28 heavy (non-hydrogen) atoms. The first-order valence-electron chi connectivity index (χ1n) is 10.9. The van der Waals surface area contributed by atoms with Crippen LogP contribution in [-0.2, 0) is 6.54 Å². The lowest BCUT2D eigenvalue weighted by Gasteiger charge is -2.28. The van der Waals surface area contributed by atoms with E-state index in [-0.39, 0.29) is 28.7 Å². The van der Waals surface area contributed by atoms with E-state index in [9.17, 15) is 20.0 Å². The molecule has 0 saturated heterocycles. The zero-order chi connectivity index (χ0) is 20.7. The van der Waals surface area contributed by atoms with Crippen LogP contribution < -0.4 is 5.56 Å². The largest absolute Gasteiger partial charge is 0.494 e. The number of hydrogen-bond donors (Lipinski definition) is 1. The Hall–Kier alpha value is -2.09. The average molecular weight is 387 g/mol. The molecule has 0 atom stereocenters. The minimum Gasteiger partial charge on any atom is -0.494 e. The number of carbonyl (C=O) groups excluding carboxylic acids is 1. The van der Waals surface area contributed by atoms with Gasteiger partial charge in [-0.1, -0.05) is 46.0 Å². The van der Waals surface area contributed by atoms with E-state index in [1.54, 1.807) is 6.92 Å². The SMILES string of the molecule is CCCCCn1c(O)c(C(=O)C2CCC(CCCC)CC2)c(C)c(C#N)c1=O. The minimum absolute atomic E-state index is 0.0192. The molecule has 154 valence electrons. The number of pyridine rings is 1. The Morgan fingerprint density at radius 2 is 1.79 bits per heavy atom. The standard InChI is InChI=1S/C23H34N2O3/c1-4-6-8-14-25-22(27)19(15-24)16(3)20(23(25)28)21(26)18-12-10-17(11-13-18)9-7-5-2/h17-18,28H,4-14H2,1-3H3. The predicted molar refractivity (Wildman–Crippen MR) is 111 cm³/mol. The molecule has 5 nitrogen and oxygen atoms in total. The highest BCUT2D eigenvalue weighted by Crippen LogP contribution is 2.36. The molecule has 5 heteroatoms. The third kappa shape index (κ3) is 4.84. The van der Waals surface area contributed by atoms with Gasteiger partial charge in [0.05, 0.1) is 5.56 Å². The number of hydrogen-bond acceptors (Lipinski definition) is 4. The molecule has 0 bridgehead atoms. The third-order valence-electron chi connectivity index (χ3n) is 6.22. The molecule has 1 aliphatic rings. The van der Waals surface area contributed by atoms with Crippen molar-refractivity contribution in [3.8, 4) is 11.9 Å². The van der Waals surface area contributed by atoms with Gasteiger partial charge in [-0.15, -0.1) is 0 Å². The molecule has 0 aliphatic heterocycles. The number of unbranched alkanes of at least 4 members (excludes halogenated alkanes) is 3. The van der Waals surface area contributed by atoms with Crippen LogP contribution in [0.15, 0.2) is 4.79 Å². The fraction of sp³-hybridized carbons (Fsp3) is 0.696. The topological polar surface area (TPSA) is 83.1 Å². The number of aromatic hydroxyl groups is 1. The van der Waals surface area contributed by atoms with Gasteiger partial charge in [0.1, 0.15) is 11.6 Å². The smallest absolute Gasteiger partial charge is 0.271 e. The third-order valence-corrected chi connectivity index (χ3v) is 6.22. The molecule has 0 unspecified atom stereocenters. The zero-order valence-corrected chi connectivity index (χ0v) is 17.6. The van der Waals surface area contributed by atoms with Crippen molar-refractivity contribution >= 4 is 5.78 Å². The summed E-state index contributed by atoms with van der Waals surface area (Å²) in [5.74, 6) is 0.201. The van der Waals surface area contributed by atoms with E-state index in [2.05, 4.69) is 13.8 Å². The monoisotopic (exact) mass is 386 g/mol. The lowest BCUT2D eigenvalue weighted by atomic mass is 9.76. The van der Waals surface area contributed by atoms with Crippen LogP contribution >= 0.6 is 0 Å². The van der Waals surface area contributed by atoms with Gasteiger partial charge >= 0.3 is 0 Å². The molecule has 1 saturated carbocycles. The maximum absolute atomic E-state index is 13.2. The van der Waals surface area contributed by atoms with Crippen molar-refractivity contribution in [2.45, 2.75) is 91.5 Å². The maximum Gasteiger partial charge on any atom is 0.271 e. The molecule has 0 amide bonds.